The van der Waals surface area contributed by atoms with E-state index in [0.717, 1.165) is 5.69 Å². The Morgan fingerprint density at radius 2 is 2.21 bits per heavy atom. The molecule has 0 bridgehead atoms. The Hall–Kier alpha value is -2.64. The molecule has 2 aromatic rings. The van der Waals surface area contributed by atoms with Gasteiger partial charge in [-0.2, -0.15) is 10.2 Å². The number of aryl methyl sites for hydroxylation is 2. The summed E-state index contributed by atoms with van der Waals surface area (Å²) in [5.74, 6) is -1.36. The Morgan fingerprint density at radius 3 is 2.79 bits per heavy atom. The zero-order chi connectivity index (χ0) is 14.0. The van der Waals surface area contributed by atoms with Crippen LogP contribution in [0.3, 0.4) is 0 Å². The zero-order valence-corrected chi connectivity index (χ0v) is 10.5. The summed E-state index contributed by atoms with van der Waals surface area (Å²) in [5.41, 5.74) is 1.05. The molecule has 0 aromatic carbocycles. The summed E-state index contributed by atoms with van der Waals surface area (Å²) in [7, 11) is 0. The van der Waals surface area contributed by atoms with Gasteiger partial charge in [-0.05, 0) is 19.9 Å². The molecule has 19 heavy (non-hydrogen) atoms. The molecule has 0 unspecified atom stereocenters. The van der Waals surface area contributed by atoms with Crippen molar-refractivity contribution >= 4 is 17.7 Å². The number of carbonyl (C=O) groups is 2. The first-order valence-electron chi connectivity index (χ1n) is 5.65. The molecule has 0 aliphatic rings. The summed E-state index contributed by atoms with van der Waals surface area (Å²) < 4.78 is 1.56. The van der Waals surface area contributed by atoms with Crippen LogP contribution in [0.4, 0.5) is 5.82 Å². The van der Waals surface area contributed by atoms with Crippen molar-refractivity contribution < 1.29 is 14.7 Å². The summed E-state index contributed by atoms with van der Waals surface area (Å²) in [4.78, 5) is 22.7. The number of carbonyl (C=O) groups excluding carboxylic acids is 1. The normalized spacial score (nSPS) is 10.4. The van der Waals surface area contributed by atoms with Crippen LogP contribution in [0.5, 0.6) is 0 Å². The van der Waals surface area contributed by atoms with Crippen LogP contribution in [-0.2, 0) is 6.54 Å². The Morgan fingerprint density at radius 1 is 1.47 bits per heavy atom. The van der Waals surface area contributed by atoms with E-state index < -0.39 is 5.97 Å². The minimum Gasteiger partial charge on any atom is -0.477 e. The molecule has 2 rings (SSSR count). The fourth-order valence-corrected chi connectivity index (χ4v) is 1.64. The molecule has 0 aliphatic heterocycles. The Labute approximate surface area is 108 Å². The second-order valence-corrected chi connectivity index (χ2v) is 3.91. The zero-order valence-electron chi connectivity index (χ0n) is 10.5. The van der Waals surface area contributed by atoms with E-state index in [-0.39, 0.29) is 17.4 Å². The van der Waals surface area contributed by atoms with Gasteiger partial charge in [0.15, 0.2) is 5.82 Å². The number of carboxylic acids is 1. The van der Waals surface area contributed by atoms with Gasteiger partial charge in [-0.3, -0.25) is 14.6 Å². The number of nitrogens with zero attached hydrogens (tertiary/aromatic N) is 3. The van der Waals surface area contributed by atoms with E-state index in [1.807, 2.05) is 6.92 Å². The summed E-state index contributed by atoms with van der Waals surface area (Å²) in [6.45, 7) is 4.23. The maximum Gasteiger partial charge on any atom is 0.353 e. The van der Waals surface area contributed by atoms with Gasteiger partial charge in [0.1, 0.15) is 11.4 Å². The van der Waals surface area contributed by atoms with Crippen LogP contribution in [0.1, 0.15) is 33.6 Å². The van der Waals surface area contributed by atoms with Crippen molar-refractivity contribution in [2.75, 3.05) is 5.32 Å². The van der Waals surface area contributed by atoms with Crippen molar-refractivity contribution in [3.8, 4) is 0 Å². The van der Waals surface area contributed by atoms with Gasteiger partial charge in [-0.25, -0.2) is 4.79 Å². The van der Waals surface area contributed by atoms with Crippen molar-refractivity contribution in [2.24, 2.45) is 0 Å². The average molecular weight is 263 g/mol. The van der Waals surface area contributed by atoms with Crippen molar-refractivity contribution in [3.63, 3.8) is 0 Å². The standard InChI is InChI=1S/C11H13N5O3/c1-3-16-8(4-6(2)15-16)10(17)12-9-5-7(11(18)19)13-14-9/h4-5H,3H2,1-2H3,(H,18,19)(H2,12,13,14,17). The Kier molecular flexibility index (Phi) is 3.32. The molecule has 0 aliphatic carbocycles. The SMILES string of the molecule is CCn1nc(C)cc1C(=O)Nc1cc(C(=O)O)[nH]n1. The number of hydrogen-bond donors (Lipinski definition) is 3. The lowest BCUT2D eigenvalue weighted by atomic mass is 10.3. The van der Waals surface area contributed by atoms with Crippen LogP contribution in [0.2, 0.25) is 0 Å². The number of nitrogens with one attached hydrogen (secondary N) is 2. The highest BCUT2D eigenvalue weighted by Gasteiger charge is 2.15. The second kappa shape index (κ2) is 4.92. The van der Waals surface area contributed by atoms with Gasteiger partial charge < -0.3 is 10.4 Å². The Balaban J connectivity index is 2.18. The number of amides is 1. The molecule has 8 heteroatoms. The van der Waals surface area contributed by atoms with E-state index in [2.05, 4.69) is 20.6 Å². The number of aromatic carboxylic acids is 1. The van der Waals surface area contributed by atoms with Gasteiger partial charge in [0, 0.05) is 12.6 Å². The third-order valence-electron chi connectivity index (χ3n) is 2.48. The maximum absolute atomic E-state index is 12.0. The van der Waals surface area contributed by atoms with Gasteiger partial charge in [0.2, 0.25) is 0 Å². The molecule has 2 heterocycles. The average Bonchev–Trinajstić information content (AvgIpc) is 2.95. The van der Waals surface area contributed by atoms with Crippen molar-refractivity contribution in [2.45, 2.75) is 20.4 Å². The number of aromatic amines is 1. The lowest BCUT2D eigenvalue weighted by molar-refractivity contribution is 0.0690. The van der Waals surface area contributed by atoms with Crippen LogP contribution in [0.15, 0.2) is 12.1 Å². The van der Waals surface area contributed by atoms with Crippen molar-refractivity contribution in [3.05, 3.63) is 29.2 Å². The van der Waals surface area contributed by atoms with Crippen molar-refractivity contribution in [1.29, 1.82) is 0 Å². The highest BCUT2D eigenvalue weighted by atomic mass is 16.4. The molecular formula is C11H13N5O3. The van der Waals surface area contributed by atoms with Crippen LogP contribution in [-0.4, -0.2) is 37.0 Å². The number of rotatable bonds is 4. The number of aromatic nitrogens is 4. The highest BCUT2D eigenvalue weighted by molar-refractivity contribution is 6.03. The van der Waals surface area contributed by atoms with Gasteiger partial charge >= 0.3 is 5.97 Å². The van der Waals surface area contributed by atoms with E-state index in [1.165, 1.54) is 6.07 Å². The minimum atomic E-state index is -1.14. The fraction of sp³-hybridized carbons (Fsp3) is 0.273. The first-order valence-corrected chi connectivity index (χ1v) is 5.65. The highest BCUT2D eigenvalue weighted by Crippen LogP contribution is 2.09. The first kappa shape index (κ1) is 12.8. The van der Waals surface area contributed by atoms with Gasteiger partial charge in [-0.1, -0.05) is 0 Å². The summed E-state index contributed by atoms with van der Waals surface area (Å²) in [6.07, 6.45) is 0. The molecule has 0 atom stereocenters. The van der Waals surface area contributed by atoms with E-state index in [4.69, 9.17) is 5.11 Å². The molecule has 2 aromatic heterocycles. The van der Waals surface area contributed by atoms with E-state index >= 15 is 0 Å². The van der Waals surface area contributed by atoms with E-state index in [9.17, 15) is 9.59 Å². The fourth-order valence-electron chi connectivity index (χ4n) is 1.64. The number of H-pyrrole nitrogens is 1. The molecule has 0 saturated heterocycles. The van der Waals surface area contributed by atoms with Crippen LogP contribution in [0, 0.1) is 6.92 Å². The molecular weight excluding hydrogens is 250 g/mol. The summed E-state index contributed by atoms with van der Waals surface area (Å²) >= 11 is 0. The summed E-state index contributed by atoms with van der Waals surface area (Å²) in [6, 6.07) is 2.91. The molecule has 0 spiro atoms. The predicted octanol–water partition coefficient (Wildman–Crippen LogP) is 0.885. The minimum absolute atomic E-state index is 0.0875. The van der Waals surface area contributed by atoms with Crippen LogP contribution in [0.25, 0.3) is 0 Å². The molecule has 3 N–H and O–H groups in total. The van der Waals surface area contributed by atoms with Crippen molar-refractivity contribution in [1.82, 2.24) is 20.0 Å². The molecule has 8 nitrogen and oxygen atoms in total. The largest absolute Gasteiger partial charge is 0.477 e. The smallest absolute Gasteiger partial charge is 0.353 e. The number of carboxylic acid groups (broad SMARTS) is 1. The van der Waals surface area contributed by atoms with Gasteiger partial charge in [-0.15, -0.1) is 0 Å². The molecule has 1 amide bonds. The monoisotopic (exact) mass is 263 g/mol. The van der Waals surface area contributed by atoms with Gasteiger partial charge in [0.25, 0.3) is 5.91 Å². The van der Waals surface area contributed by atoms with Crippen LogP contribution < -0.4 is 5.32 Å². The first-order chi connectivity index (χ1) is 9.01. The Bertz CT molecular complexity index is 628. The molecule has 100 valence electrons. The second-order valence-electron chi connectivity index (χ2n) is 3.91. The lowest BCUT2D eigenvalue weighted by Crippen LogP contribution is -2.17. The third-order valence-corrected chi connectivity index (χ3v) is 2.48. The topological polar surface area (TPSA) is 113 Å². The molecule has 0 radical (unpaired) electrons. The van der Waals surface area contributed by atoms with E-state index in [0.29, 0.717) is 12.2 Å². The number of hydrogen-bond acceptors (Lipinski definition) is 4. The summed E-state index contributed by atoms with van der Waals surface area (Å²) in [5, 5.41) is 21.4. The van der Waals surface area contributed by atoms with Crippen LogP contribution >= 0.6 is 0 Å². The predicted molar refractivity (Wildman–Crippen MR) is 66.1 cm³/mol. The lowest BCUT2D eigenvalue weighted by Gasteiger charge is -2.03. The third kappa shape index (κ3) is 2.62. The maximum atomic E-state index is 12.0. The van der Waals surface area contributed by atoms with Gasteiger partial charge in [0.05, 0.1) is 5.69 Å². The molecule has 0 saturated carbocycles. The van der Waals surface area contributed by atoms with E-state index in [1.54, 1.807) is 17.7 Å². The quantitative estimate of drug-likeness (QED) is 0.758. The number of anilines is 1. The molecule has 0 fully saturated rings.